The Hall–Kier alpha value is -2.02. The first kappa shape index (κ1) is 14.4. The molecule has 4 nitrogen and oxygen atoms in total. The predicted octanol–water partition coefficient (Wildman–Crippen LogP) is 2.26. The lowest BCUT2D eigenvalue weighted by molar-refractivity contribution is -0.138. The maximum Gasteiger partial charge on any atom is 0.416 e. The first-order valence-corrected chi connectivity index (χ1v) is 5.81. The van der Waals surface area contributed by atoms with Gasteiger partial charge in [-0.25, -0.2) is 4.79 Å². The van der Waals surface area contributed by atoms with Gasteiger partial charge in [-0.3, -0.25) is 14.3 Å². The van der Waals surface area contributed by atoms with E-state index in [4.69, 9.17) is 11.6 Å². The minimum atomic E-state index is -4.56. The third kappa shape index (κ3) is 2.93. The van der Waals surface area contributed by atoms with E-state index in [9.17, 15) is 22.8 Å². The van der Waals surface area contributed by atoms with Crippen LogP contribution in [0, 0.1) is 0 Å². The highest BCUT2D eigenvalue weighted by Gasteiger charge is 2.33. The van der Waals surface area contributed by atoms with E-state index < -0.39 is 29.5 Å². The number of hydrogen-bond acceptors (Lipinski definition) is 2. The van der Waals surface area contributed by atoms with E-state index in [1.165, 1.54) is 18.2 Å². The first-order valence-electron chi connectivity index (χ1n) is 5.44. The number of rotatable bonds is 2. The fourth-order valence-corrected chi connectivity index (χ4v) is 1.92. The quantitative estimate of drug-likeness (QED) is 0.865. The van der Waals surface area contributed by atoms with Crippen molar-refractivity contribution >= 4 is 11.6 Å². The van der Waals surface area contributed by atoms with E-state index in [-0.39, 0.29) is 10.7 Å². The summed E-state index contributed by atoms with van der Waals surface area (Å²) < 4.78 is 39.1. The van der Waals surface area contributed by atoms with Crippen molar-refractivity contribution in [3.05, 3.63) is 67.4 Å². The minimum absolute atomic E-state index is 0.166. The van der Waals surface area contributed by atoms with Gasteiger partial charge in [0, 0.05) is 6.07 Å². The standard InChI is InChI=1S/C12H8ClF3N2O2/c13-9-5-10(19)18(11(20)17-9)6-7-3-1-2-4-8(7)12(14,15)16/h1-5H,6H2,(H,17,20). The second-order valence-electron chi connectivity index (χ2n) is 4.00. The van der Waals surface area contributed by atoms with Crippen LogP contribution in [0.4, 0.5) is 13.2 Å². The summed E-state index contributed by atoms with van der Waals surface area (Å²) in [5.74, 6) is 0. The van der Waals surface area contributed by atoms with E-state index in [0.29, 0.717) is 4.57 Å². The molecule has 0 unspecified atom stereocenters. The SMILES string of the molecule is O=c1cc(Cl)[nH]c(=O)n1Cc1ccccc1C(F)(F)F. The number of H-pyrrole nitrogens is 1. The Morgan fingerprint density at radius 3 is 2.45 bits per heavy atom. The molecule has 2 aromatic rings. The number of nitrogens with zero attached hydrogens (tertiary/aromatic N) is 1. The van der Waals surface area contributed by atoms with Crippen LogP contribution in [-0.2, 0) is 12.7 Å². The molecule has 0 aliphatic heterocycles. The fourth-order valence-electron chi connectivity index (χ4n) is 1.75. The highest BCUT2D eigenvalue weighted by atomic mass is 35.5. The van der Waals surface area contributed by atoms with E-state index in [1.54, 1.807) is 0 Å². The van der Waals surface area contributed by atoms with E-state index in [0.717, 1.165) is 12.1 Å². The summed E-state index contributed by atoms with van der Waals surface area (Å²) in [6.07, 6.45) is -4.56. The molecule has 1 N–H and O–H groups in total. The third-order valence-corrected chi connectivity index (χ3v) is 2.84. The van der Waals surface area contributed by atoms with Crippen molar-refractivity contribution in [2.75, 3.05) is 0 Å². The summed E-state index contributed by atoms with van der Waals surface area (Å²) in [4.78, 5) is 25.3. The smallest absolute Gasteiger partial charge is 0.298 e. The van der Waals surface area contributed by atoms with Crippen molar-refractivity contribution in [1.29, 1.82) is 0 Å². The van der Waals surface area contributed by atoms with Crippen LogP contribution in [0.3, 0.4) is 0 Å². The average Bonchev–Trinajstić information content (AvgIpc) is 2.33. The summed E-state index contributed by atoms with van der Waals surface area (Å²) in [5, 5.41) is -0.166. The van der Waals surface area contributed by atoms with Crippen molar-refractivity contribution in [1.82, 2.24) is 9.55 Å². The number of benzene rings is 1. The number of aromatic amines is 1. The Bertz CT molecular complexity index is 718. The van der Waals surface area contributed by atoms with Gasteiger partial charge in [-0.2, -0.15) is 13.2 Å². The van der Waals surface area contributed by atoms with Gasteiger partial charge in [-0.1, -0.05) is 29.8 Å². The third-order valence-electron chi connectivity index (χ3n) is 2.64. The van der Waals surface area contributed by atoms with Crippen LogP contribution in [0.1, 0.15) is 11.1 Å². The zero-order valence-electron chi connectivity index (χ0n) is 9.87. The van der Waals surface area contributed by atoms with Crippen molar-refractivity contribution in [3.63, 3.8) is 0 Å². The topological polar surface area (TPSA) is 54.9 Å². The number of hydrogen-bond donors (Lipinski definition) is 1. The lowest BCUT2D eigenvalue weighted by Crippen LogP contribution is -2.35. The lowest BCUT2D eigenvalue weighted by atomic mass is 10.1. The summed E-state index contributed by atoms with van der Waals surface area (Å²) >= 11 is 5.48. The molecule has 0 bridgehead atoms. The summed E-state index contributed by atoms with van der Waals surface area (Å²) in [5.41, 5.74) is -2.69. The zero-order valence-corrected chi connectivity index (χ0v) is 10.6. The second kappa shape index (κ2) is 5.16. The monoisotopic (exact) mass is 304 g/mol. The Balaban J connectivity index is 2.52. The molecule has 106 valence electrons. The predicted molar refractivity (Wildman–Crippen MR) is 66.9 cm³/mol. The fraction of sp³-hybridized carbons (Fsp3) is 0.167. The number of nitrogens with one attached hydrogen (secondary N) is 1. The van der Waals surface area contributed by atoms with Crippen molar-refractivity contribution in [2.24, 2.45) is 0 Å². The molecule has 0 radical (unpaired) electrons. The van der Waals surface area contributed by atoms with Gasteiger partial charge in [-0.05, 0) is 11.6 Å². The van der Waals surface area contributed by atoms with Crippen LogP contribution >= 0.6 is 11.6 Å². The molecule has 1 aromatic heterocycles. The van der Waals surface area contributed by atoms with E-state index >= 15 is 0 Å². The minimum Gasteiger partial charge on any atom is -0.298 e. The van der Waals surface area contributed by atoms with Gasteiger partial charge < -0.3 is 0 Å². The van der Waals surface area contributed by atoms with Crippen molar-refractivity contribution in [3.8, 4) is 0 Å². The molecule has 0 aliphatic carbocycles. The molecular formula is C12H8ClF3N2O2. The van der Waals surface area contributed by atoms with Crippen LogP contribution < -0.4 is 11.2 Å². The summed E-state index contributed by atoms with van der Waals surface area (Å²) in [6.45, 7) is -0.485. The normalized spacial score (nSPS) is 11.6. The summed E-state index contributed by atoms with van der Waals surface area (Å²) in [7, 11) is 0. The first-order chi connectivity index (χ1) is 9.29. The molecule has 0 aliphatic rings. The maximum absolute atomic E-state index is 12.8. The van der Waals surface area contributed by atoms with Crippen LogP contribution in [0.15, 0.2) is 39.9 Å². The number of halogens is 4. The van der Waals surface area contributed by atoms with Gasteiger partial charge >= 0.3 is 11.9 Å². The number of alkyl halides is 3. The average molecular weight is 305 g/mol. The highest BCUT2D eigenvalue weighted by Crippen LogP contribution is 2.31. The largest absolute Gasteiger partial charge is 0.416 e. The van der Waals surface area contributed by atoms with E-state index in [1.807, 2.05) is 0 Å². The zero-order chi connectivity index (χ0) is 14.9. The van der Waals surface area contributed by atoms with Gasteiger partial charge in [0.1, 0.15) is 5.15 Å². The van der Waals surface area contributed by atoms with Crippen LogP contribution in [0.2, 0.25) is 5.15 Å². The second-order valence-corrected chi connectivity index (χ2v) is 4.41. The molecule has 0 atom stereocenters. The Morgan fingerprint density at radius 2 is 1.85 bits per heavy atom. The molecular weight excluding hydrogens is 297 g/mol. The maximum atomic E-state index is 12.8. The molecule has 20 heavy (non-hydrogen) atoms. The molecule has 0 fully saturated rings. The molecule has 1 heterocycles. The molecule has 8 heteroatoms. The van der Waals surface area contributed by atoms with Gasteiger partial charge in [0.15, 0.2) is 0 Å². The molecule has 0 saturated heterocycles. The number of aromatic nitrogens is 2. The lowest BCUT2D eigenvalue weighted by Gasteiger charge is -2.13. The van der Waals surface area contributed by atoms with Crippen LogP contribution in [0.25, 0.3) is 0 Å². The Kier molecular flexibility index (Phi) is 3.71. The van der Waals surface area contributed by atoms with Gasteiger partial charge in [0.2, 0.25) is 0 Å². The van der Waals surface area contributed by atoms with Gasteiger partial charge in [0.25, 0.3) is 5.56 Å². The molecule has 0 amide bonds. The van der Waals surface area contributed by atoms with Crippen LogP contribution in [-0.4, -0.2) is 9.55 Å². The van der Waals surface area contributed by atoms with E-state index in [2.05, 4.69) is 4.98 Å². The molecule has 2 rings (SSSR count). The van der Waals surface area contributed by atoms with Gasteiger partial charge in [0.05, 0.1) is 12.1 Å². The van der Waals surface area contributed by atoms with Crippen molar-refractivity contribution < 1.29 is 13.2 Å². The molecule has 1 aromatic carbocycles. The van der Waals surface area contributed by atoms with Crippen molar-refractivity contribution in [2.45, 2.75) is 12.7 Å². The molecule has 0 spiro atoms. The Labute approximate surface area is 115 Å². The van der Waals surface area contributed by atoms with Gasteiger partial charge in [-0.15, -0.1) is 0 Å². The Morgan fingerprint density at radius 1 is 1.20 bits per heavy atom. The molecule has 0 saturated carbocycles. The summed E-state index contributed by atoms with van der Waals surface area (Å²) in [6, 6.07) is 5.67. The van der Waals surface area contributed by atoms with Crippen LogP contribution in [0.5, 0.6) is 0 Å². The highest BCUT2D eigenvalue weighted by molar-refractivity contribution is 6.29.